The molecule has 0 amide bonds. The van der Waals surface area contributed by atoms with Gasteiger partial charge < -0.3 is 20.8 Å². The maximum atomic E-state index is 9.00. The molecule has 0 aliphatic rings. The van der Waals surface area contributed by atoms with Crippen LogP contribution in [0.3, 0.4) is 0 Å². The number of carboxylic acids is 1. The summed E-state index contributed by atoms with van der Waals surface area (Å²) in [7, 11) is 1.98. The van der Waals surface area contributed by atoms with E-state index >= 15 is 0 Å². The molecule has 1 aromatic heterocycles. The fourth-order valence-corrected chi connectivity index (χ4v) is 1.71. The molecule has 1 aromatic carbocycles. The molecule has 0 unspecified atom stereocenters. The topological polar surface area (TPSA) is 92.1 Å². The average molecular weight is 247 g/mol. The molecule has 0 aliphatic heterocycles. The molecule has 0 radical (unpaired) electrons. The highest BCUT2D eigenvalue weighted by atomic mass is 16.4. The Labute approximate surface area is 105 Å². The van der Waals surface area contributed by atoms with Gasteiger partial charge in [-0.25, -0.2) is 0 Å². The van der Waals surface area contributed by atoms with Gasteiger partial charge in [-0.3, -0.25) is 4.79 Å². The minimum Gasteiger partial charge on any atom is -0.481 e. The van der Waals surface area contributed by atoms with Gasteiger partial charge in [0.15, 0.2) is 0 Å². The number of nitrogens with two attached hydrogens (primary N) is 1. The fraction of sp³-hybridized carbons (Fsp3) is 0.231. The maximum Gasteiger partial charge on any atom is 0.300 e. The van der Waals surface area contributed by atoms with Crippen molar-refractivity contribution in [2.75, 3.05) is 5.73 Å². The Morgan fingerprint density at radius 3 is 2.44 bits per heavy atom. The number of anilines is 1. The lowest BCUT2D eigenvalue weighted by Crippen LogP contribution is -1.90. The molecule has 5 heteroatoms. The Hall–Kier alpha value is -2.30. The van der Waals surface area contributed by atoms with Crippen molar-refractivity contribution in [3.05, 3.63) is 30.0 Å². The first-order chi connectivity index (χ1) is 8.32. The van der Waals surface area contributed by atoms with Crippen LogP contribution in [0, 0.1) is 5.41 Å². The highest BCUT2D eigenvalue weighted by Crippen LogP contribution is 2.23. The standard InChI is InChI=1S/C11H13N3.C2H4O2/c1-7(12)10-6-14(2)11-4-3-8(13)5-9(10)11;1-2(3)4/h3-6,12H,13H2,1-2H3;1H3,(H,3,4). The van der Waals surface area contributed by atoms with Crippen molar-refractivity contribution in [3.8, 4) is 0 Å². The molecule has 5 nitrogen and oxygen atoms in total. The second kappa shape index (κ2) is 5.35. The first-order valence-corrected chi connectivity index (χ1v) is 5.42. The zero-order valence-corrected chi connectivity index (χ0v) is 10.7. The number of carbonyl (C=O) groups is 1. The Kier molecular flexibility index (Phi) is 4.09. The molecule has 0 saturated heterocycles. The van der Waals surface area contributed by atoms with Gasteiger partial charge in [-0.05, 0) is 25.1 Å². The van der Waals surface area contributed by atoms with E-state index in [1.807, 2.05) is 36.0 Å². The zero-order valence-electron chi connectivity index (χ0n) is 10.7. The van der Waals surface area contributed by atoms with Crippen LogP contribution in [0.2, 0.25) is 0 Å². The predicted octanol–water partition coefficient (Wildman–Crippen LogP) is 2.24. The summed E-state index contributed by atoms with van der Waals surface area (Å²) in [4.78, 5) is 9.00. The smallest absolute Gasteiger partial charge is 0.300 e. The van der Waals surface area contributed by atoms with Crippen molar-refractivity contribution in [1.29, 1.82) is 5.41 Å². The van der Waals surface area contributed by atoms with E-state index in [0.717, 1.165) is 29.1 Å². The highest BCUT2D eigenvalue weighted by Gasteiger charge is 2.07. The predicted molar refractivity (Wildman–Crippen MR) is 73.1 cm³/mol. The van der Waals surface area contributed by atoms with Gasteiger partial charge >= 0.3 is 0 Å². The lowest BCUT2D eigenvalue weighted by molar-refractivity contribution is -0.134. The Bertz CT molecular complexity index is 596. The number of carboxylic acid groups (broad SMARTS) is 1. The SMILES string of the molecule is CC(=N)c1cn(C)c2ccc(N)cc12.CC(=O)O. The van der Waals surface area contributed by atoms with Crippen LogP contribution in [-0.2, 0) is 11.8 Å². The summed E-state index contributed by atoms with van der Waals surface area (Å²) >= 11 is 0. The van der Waals surface area contributed by atoms with Gasteiger partial charge in [-0.1, -0.05) is 0 Å². The van der Waals surface area contributed by atoms with Crippen LogP contribution in [0.25, 0.3) is 10.9 Å². The van der Waals surface area contributed by atoms with Crippen LogP contribution >= 0.6 is 0 Å². The molecular weight excluding hydrogens is 230 g/mol. The summed E-state index contributed by atoms with van der Waals surface area (Å²) in [6.45, 7) is 2.87. The third-order valence-corrected chi connectivity index (χ3v) is 2.42. The van der Waals surface area contributed by atoms with Crippen molar-refractivity contribution in [3.63, 3.8) is 0 Å². The van der Waals surface area contributed by atoms with Gasteiger partial charge in [-0.2, -0.15) is 0 Å². The molecular formula is C13H17N3O2. The minimum atomic E-state index is -0.833. The molecule has 0 bridgehead atoms. The average Bonchev–Trinajstić information content (AvgIpc) is 2.55. The summed E-state index contributed by atoms with van der Waals surface area (Å²) in [5.41, 5.74) is 9.10. The molecule has 18 heavy (non-hydrogen) atoms. The van der Waals surface area contributed by atoms with E-state index in [1.54, 1.807) is 6.92 Å². The monoisotopic (exact) mass is 247 g/mol. The minimum absolute atomic E-state index is 0.571. The van der Waals surface area contributed by atoms with E-state index in [2.05, 4.69) is 0 Å². The number of hydrogen-bond donors (Lipinski definition) is 3. The number of nitrogen functional groups attached to an aromatic ring is 1. The summed E-state index contributed by atoms with van der Waals surface area (Å²) < 4.78 is 2.02. The largest absolute Gasteiger partial charge is 0.481 e. The third kappa shape index (κ3) is 3.10. The first kappa shape index (κ1) is 13.8. The first-order valence-electron chi connectivity index (χ1n) is 5.42. The molecule has 0 aliphatic carbocycles. The number of nitrogens with zero attached hydrogens (tertiary/aromatic N) is 1. The Morgan fingerprint density at radius 1 is 1.39 bits per heavy atom. The van der Waals surface area contributed by atoms with E-state index in [9.17, 15) is 0 Å². The summed E-state index contributed by atoms with van der Waals surface area (Å²) in [5, 5.41) is 16.1. The molecule has 2 rings (SSSR count). The lowest BCUT2D eigenvalue weighted by Gasteiger charge is -1.97. The van der Waals surface area contributed by atoms with Crippen LogP contribution in [0.5, 0.6) is 0 Å². The number of nitrogens with one attached hydrogen (secondary N) is 1. The van der Waals surface area contributed by atoms with Gasteiger partial charge in [0.25, 0.3) is 5.97 Å². The lowest BCUT2D eigenvalue weighted by atomic mass is 10.1. The molecule has 0 atom stereocenters. The van der Waals surface area contributed by atoms with Gasteiger partial charge in [0, 0.05) is 48.0 Å². The number of benzene rings is 1. The van der Waals surface area contributed by atoms with Crippen LogP contribution < -0.4 is 5.73 Å². The van der Waals surface area contributed by atoms with Crippen molar-refractivity contribution >= 4 is 28.3 Å². The van der Waals surface area contributed by atoms with Crippen molar-refractivity contribution in [1.82, 2.24) is 4.57 Å². The number of aliphatic carboxylic acids is 1. The number of fused-ring (bicyclic) bond motifs is 1. The van der Waals surface area contributed by atoms with Crippen molar-refractivity contribution < 1.29 is 9.90 Å². The quantitative estimate of drug-likeness (QED) is 0.533. The molecule has 1 heterocycles. The van der Waals surface area contributed by atoms with E-state index in [-0.39, 0.29) is 0 Å². The van der Waals surface area contributed by atoms with Crippen LogP contribution in [0.1, 0.15) is 19.4 Å². The van der Waals surface area contributed by atoms with E-state index in [1.165, 1.54) is 0 Å². The van der Waals surface area contributed by atoms with Crippen molar-refractivity contribution in [2.24, 2.45) is 7.05 Å². The number of aromatic nitrogens is 1. The van der Waals surface area contributed by atoms with Crippen LogP contribution in [0.15, 0.2) is 24.4 Å². The fourth-order valence-electron chi connectivity index (χ4n) is 1.71. The number of aryl methyl sites for hydroxylation is 1. The van der Waals surface area contributed by atoms with E-state index in [4.69, 9.17) is 21.0 Å². The molecule has 0 fully saturated rings. The summed E-state index contributed by atoms with van der Waals surface area (Å²) in [5.74, 6) is -0.833. The second-order valence-electron chi connectivity index (χ2n) is 4.07. The normalized spacial score (nSPS) is 9.72. The summed E-state index contributed by atoms with van der Waals surface area (Å²) in [6, 6.07) is 5.78. The van der Waals surface area contributed by atoms with Gasteiger partial charge in [0.1, 0.15) is 0 Å². The van der Waals surface area contributed by atoms with E-state index in [0.29, 0.717) is 5.71 Å². The van der Waals surface area contributed by atoms with Gasteiger partial charge in [0.05, 0.1) is 0 Å². The summed E-state index contributed by atoms with van der Waals surface area (Å²) in [6.07, 6.45) is 1.96. The Balaban J connectivity index is 0.000000357. The molecule has 2 aromatic rings. The number of hydrogen-bond acceptors (Lipinski definition) is 3. The molecule has 4 N–H and O–H groups in total. The van der Waals surface area contributed by atoms with Crippen LogP contribution in [0.4, 0.5) is 5.69 Å². The van der Waals surface area contributed by atoms with Crippen LogP contribution in [-0.4, -0.2) is 21.4 Å². The third-order valence-electron chi connectivity index (χ3n) is 2.42. The Morgan fingerprint density at radius 2 is 1.94 bits per heavy atom. The van der Waals surface area contributed by atoms with Gasteiger partial charge in [0.2, 0.25) is 0 Å². The molecule has 96 valence electrons. The highest BCUT2D eigenvalue weighted by molar-refractivity contribution is 6.08. The van der Waals surface area contributed by atoms with Crippen molar-refractivity contribution in [2.45, 2.75) is 13.8 Å². The van der Waals surface area contributed by atoms with E-state index < -0.39 is 5.97 Å². The zero-order chi connectivity index (χ0) is 13.9. The molecule has 0 spiro atoms. The second-order valence-corrected chi connectivity index (χ2v) is 4.07. The number of rotatable bonds is 1. The molecule has 0 saturated carbocycles. The maximum absolute atomic E-state index is 9.00. The van der Waals surface area contributed by atoms with Gasteiger partial charge in [-0.15, -0.1) is 0 Å².